The molecule has 2 heterocycles. The molecule has 3 rings (SSSR count). The van der Waals surface area contributed by atoms with Gasteiger partial charge in [-0.05, 0) is 62.7 Å². The molecule has 2 aliphatic heterocycles. The van der Waals surface area contributed by atoms with Crippen molar-refractivity contribution >= 4 is 15.9 Å². The van der Waals surface area contributed by atoms with Gasteiger partial charge in [-0.15, -0.1) is 0 Å². The molecule has 2 fully saturated rings. The number of rotatable bonds is 5. The van der Waals surface area contributed by atoms with Crippen LogP contribution in [-0.2, 0) is 14.8 Å². The molecule has 0 radical (unpaired) electrons. The van der Waals surface area contributed by atoms with Crippen molar-refractivity contribution in [3.63, 3.8) is 0 Å². The Hall–Kier alpha value is -1.44. The smallest absolute Gasteiger partial charge is 0.241 e. The fourth-order valence-corrected chi connectivity index (χ4v) is 5.40. The maximum Gasteiger partial charge on any atom is 0.241 e. The molecule has 0 bridgehead atoms. The summed E-state index contributed by atoms with van der Waals surface area (Å²) < 4.78 is 28.2. The molecule has 7 heteroatoms. The van der Waals surface area contributed by atoms with Gasteiger partial charge in [0.25, 0.3) is 0 Å². The summed E-state index contributed by atoms with van der Waals surface area (Å²) in [6.07, 6.45) is 1.97. The Balaban J connectivity index is 1.72. The molecule has 3 atom stereocenters. The molecule has 1 aromatic rings. The number of likely N-dealkylation sites (tertiary alicyclic amines) is 1. The number of carbonyl (C=O) groups is 1. The Kier molecular flexibility index (Phi) is 6.23. The van der Waals surface area contributed by atoms with Gasteiger partial charge in [0.05, 0.1) is 4.90 Å². The van der Waals surface area contributed by atoms with Crippen LogP contribution in [0.2, 0.25) is 0 Å². The molecule has 0 spiro atoms. The molecule has 2 aliphatic rings. The van der Waals surface area contributed by atoms with E-state index in [1.165, 1.54) is 0 Å². The van der Waals surface area contributed by atoms with Crippen LogP contribution >= 0.6 is 0 Å². The second kappa shape index (κ2) is 8.29. The second-order valence-electron chi connectivity index (χ2n) is 8.24. The average Bonchev–Trinajstić information content (AvgIpc) is 2.98. The maximum atomic E-state index is 13.2. The second-order valence-corrected chi connectivity index (χ2v) is 9.95. The van der Waals surface area contributed by atoms with E-state index in [2.05, 4.69) is 10.0 Å². The van der Waals surface area contributed by atoms with E-state index in [-0.39, 0.29) is 16.7 Å². The van der Waals surface area contributed by atoms with Gasteiger partial charge in [-0.25, -0.2) is 8.42 Å². The maximum absolute atomic E-state index is 13.2. The summed E-state index contributed by atoms with van der Waals surface area (Å²) in [6.45, 7) is 9.15. The van der Waals surface area contributed by atoms with Crippen LogP contribution in [0.15, 0.2) is 29.2 Å². The highest BCUT2D eigenvalue weighted by Crippen LogP contribution is 2.27. The number of aryl methyl sites for hydroxylation is 1. The summed E-state index contributed by atoms with van der Waals surface area (Å²) in [6, 6.07) is 5.96. The largest absolute Gasteiger partial charge is 0.341 e. The highest BCUT2D eigenvalue weighted by atomic mass is 32.2. The molecule has 1 aromatic carbocycles. The summed E-state index contributed by atoms with van der Waals surface area (Å²) in [5.41, 5.74) is 0.995. The lowest BCUT2D eigenvalue weighted by molar-refractivity contribution is -0.134. The third kappa shape index (κ3) is 4.70. The van der Waals surface area contributed by atoms with Crippen molar-refractivity contribution in [1.29, 1.82) is 0 Å². The highest BCUT2D eigenvalue weighted by Gasteiger charge is 2.35. The van der Waals surface area contributed by atoms with E-state index in [4.69, 9.17) is 0 Å². The van der Waals surface area contributed by atoms with Crippen LogP contribution in [0.25, 0.3) is 0 Å². The minimum absolute atomic E-state index is 0.103. The summed E-state index contributed by atoms with van der Waals surface area (Å²) in [7, 11) is -3.74. The number of carbonyl (C=O) groups excluding carboxylic acids is 1. The van der Waals surface area contributed by atoms with Gasteiger partial charge in [-0.2, -0.15) is 4.72 Å². The van der Waals surface area contributed by atoms with E-state index in [1.807, 2.05) is 25.7 Å². The number of hydrogen-bond acceptors (Lipinski definition) is 4. The summed E-state index contributed by atoms with van der Waals surface area (Å²) in [5.74, 6) is 1.03. The number of benzene rings is 1. The van der Waals surface area contributed by atoms with Gasteiger partial charge in [0.2, 0.25) is 15.9 Å². The minimum Gasteiger partial charge on any atom is -0.341 e. The van der Waals surface area contributed by atoms with Crippen LogP contribution in [0, 0.1) is 24.7 Å². The van der Waals surface area contributed by atoms with Gasteiger partial charge < -0.3 is 10.2 Å². The number of hydrogen-bond donors (Lipinski definition) is 2. The van der Waals surface area contributed by atoms with E-state index in [1.54, 1.807) is 24.3 Å². The fraction of sp³-hybridized carbons (Fsp3) is 0.650. The van der Waals surface area contributed by atoms with Crippen LogP contribution in [0.3, 0.4) is 0 Å². The van der Waals surface area contributed by atoms with Gasteiger partial charge in [-0.1, -0.05) is 31.5 Å². The van der Waals surface area contributed by atoms with E-state index in [0.717, 1.165) is 31.5 Å². The number of amides is 1. The standard InChI is InChI=1S/C20H31N3O3S/c1-14(2)19(22-27(25,26)18-6-4-15(3)5-7-18)20(24)23-10-8-16-12-21-13-17(16)9-11-23/h4-7,14,16-17,19,21-22H,8-13H2,1-3H3/t16-,17+,19?. The van der Waals surface area contributed by atoms with Crippen molar-refractivity contribution in [2.45, 2.75) is 44.6 Å². The zero-order chi connectivity index (χ0) is 19.6. The summed E-state index contributed by atoms with van der Waals surface area (Å²) in [5, 5.41) is 3.44. The lowest BCUT2D eigenvalue weighted by Crippen LogP contribution is -2.51. The molecule has 6 nitrogen and oxygen atoms in total. The third-order valence-electron chi connectivity index (χ3n) is 5.88. The van der Waals surface area contributed by atoms with Crippen LogP contribution in [0.5, 0.6) is 0 Å². The molecule has 0 aromatic heterocycles. The van der Waals surface area contributed by atoms with Crippen molar-refractivity contribution in [2.24, 2.45) is 17.8 Å². The van der Waals surface area contributed by atoms with E-state index >= 15 is 0 Å². The molecule has 150 valence electrons. The molecular formula is C20H31N3O3S. The lowest BCUT2D eigenvalue weighted by Gasteiger charge is -2.29. The van der Waals surface area contributed by atoms with E-state index in [0.29, 0.717) is 24.9 Å². The predicted octanol–water partition coefficient (Wildman–Crippen LogP) is 1.76. The first-order valence-electron chi connectivity index (χ1n) is 9.86. The van der Waals surface area contributed by atoms with Crippen molar-refractivity contribution < 1.29 is 13.2 Å². The normalized spacial score (nSPS) is 24.5. The Morgan fingerprint density at radius 1 is 1.11 bits per heavy atom. The van der Waals surface area contributed by atoms with Gasteiger partial charge in [-0.3, -0.25) is 4.79 Å². The predicted molar refractivity (Wildman–Crippen MR) is 106 cm³/mol. The van der Waals surface area contributed by atoms with Crippen molar-refractivity contribution in [3.05, 3.63) is 29.8 Å². The average molecular weight is 394 g/mol. The SMILES string of the molecule is Cc1ccc(S(=O)(=O)NC(C(=O)N2CC[C@@H]3CNC[C@@H]3CC2)C(C)C)cc1. The van der Waals surface area contributed by atoms with Crippen LogP contribution < -0.4 is 10.0 Å². The number of fused-ring (bicyclic) bond motifs is 1. The van der Waals surface area contributed by atoms with Crippen molar-refractivity contribution in [1.82, 2.24) is 14.9 Å². The molecule has 1 amide bonds. The molecule has 27 heavy (non-hydrogen) atoms. The molecule has 0 aliphatic carbocycles. The Labute approximate surface area is 162 Å². The molecule has 2 N–H and O–H groups in total. The van der Waals surface area contributed by atoms with Gasteiger partial charge in [0.1, 0.15) is 6.04 Å². The number of nitrogens with zero attached hydrogens (tertiary/aromatic N) is 1. The molecule has 1 unspecified atom stereocenters. The summed E-state index contributed by atoms with van der Waals surface area (Å²) in [4.78, 5) is 15.2. The molecule has 2 saturated heterocycles. The van der Waals surface area contributed by atoms with Crippen molar-refractivity contribution in [3.8, 4) is 0 Å². The third-order valence-corrected chi connectivity index (χ3v) is 7.33. The topological polar surface area (TPSA) is 78.5 Å². The lowest BCUT2D eigenvalue weighted by atomic mass is 9.92. The van der Waals surface area contributed by atoms with Gasteiger partial charge in [0.15, 0.2) is 0 Å². The van der Waals surface area contributed by atoms with Gasteiger partial charge >= 0.3 is 0 Å². The molecule has 0 saturated carbocycles. The van der Waals surface area contributed by atoms with Gasteiger partial charge in [0, 0.05) is 13.1 Å². The first kappa shape index (κ1) is 20.3. The Morgan fingerprint density at radius 3 is 2.19 bits per heavy atom. The highest BCUT2D eigenvalue weighted by molar-refractivity contribution is 7.89. The first-order valence-corrected chi connectivity index (χ1v) is 11.3. The zero-order valence-electron chi connectivity index (χ0n) is 16.4. The van der Waals surface area contributed by atoms with Crippen LogP contribution in [0.4, 0.5) is 0 Å². The minimum atomic E-state index is -3.74. The zero-order valence-corrected chi connectivity index (χ0v) is 17.3. The summed E-state index contributed by atoms with van der Waals surface area (Å²) >= 11 is 0. The molecular weight excluding hydrogens is 362 g/mol. The Bertz CT molecular complexity index is 747. The van der Waals surface area contributed by atoms with E-state index in [9.17, 15) is 13.2 Å². The monoisotopic (exact) mass is 393 g/mol. The first-order chi connectivity index (χ1) is 12.8. The van der Waals surface area contributed by atoms with Crippen molar-refractivity contribution in [2.75, 3.05) is 26.2 Å². The van der Waals surface area contributed by atoms with E-state index < -0.39 is 16.1 Å². The van der Waals surface area contributed by atoms with Crippen LogP contribution in [0.1, 0.15) is 32.3 Å². The quantitative estimate of drug-likeness (QED) is 0.799. The Morgan fingerprint density at radius 2 is 1.67 bits per heavy atom. The fourth-order valence-electron chi connectivity index (χ4n) is 4.06. The van der Waals surface area contributed by atoms with Crippen LogP contribution in [-0.4, -0.2) is 51.4 Å². The number of nitrogens with one attached hydrogen (secondary N) is 2. The number of sulfonamides is 1.